The second-order valence-corrected chi connectivity index (χ2v) is 7.04. The van der Waals surface area contributed by atoms with Gasteiger partial charge in [0.2, 0.25) is 0 Å². The second kappa shape index (κ2) is 8.29. The molecule has 1 amide bonds. The van der Waals surface area contributed by atoms with Gasteiger partial charge in [0.25, 0.3) is 5.91 Å². The smallest absolute Gasteiger partial charge is 0.271 e. The van der Waals surface area contributed by atoms with Crippen LogP contribution >= 0.6 is 11.6 Å². The molecule has 0 saturated heterocycles. The molecule has 0 spiro atoms. The van der Waals surface area contributed by atoms with E-state index in [2.05, 4.69) is 32.2 Å². The number of para-hydroxylation sites is 1. The molecule has 0 aliphatic carbocycles. The molecule has 29 heavy (non-hydrogen) atoms. The summed E-state index contributed by atoms with van der Waals surface area (Å²) in [5.41, 5.74) is 7.24. The minimum atomic E-state index is -0.277. The molecule has 4 rings (SSSR count). The van der Waals surface area contributed by atoms with Gasteiger partial charge in [0.15, 0.2) is 0 Å². The van der Waals surface area contributed by atoms with Crippen molar-refractivity contribution in [3.8, 4) is 0 Å². The number of rotatable bonds is 5. The second-order valence-electron chi connectivity index (χ2n) is 6.63. The molecular formula is C23H19ClN4O. The number of amides is 1. The molecule has 2 heterocycles. The summed E-state index contributed by atoms with van der Waals surface area (Å²) in [5, 5.41) is 5.99. The molecule has 1 N–H and O–H groups in total. The van der Waals surface area contributed by atoms with Crippen LogP contribution in [0.3, 0.4) is 0 Å². The van der Waals surface area contributed by atoms with E-state index in [9.17, 15) is 4.79 Å². The minimum Gasteiger partial charge on any atom is -0.340 e. The van der Waals surface area contributed by atoms with E-state index in [1.807, 2.05) is 43.3 Å². The average Bonchev–Trinajstić information content (AvgIpc) is 3.02. The Labute approximate surface area is 173 Å². The molecule has 2 aromatic carbocycles. The van der Waals surface area contributed by atoms with E-state index < -0.39 is 0 Å². The number of halogens is 1. The van der Waals surface area contributed by atoms with Gasteiger partial charge in [0, 0.05) is 51.7 Å². The fourth-order valence-corrected chi connectivity index (χ4v) is 3.54. The number of hydrogen-bond donors (Lipinski definition) is 1. The van der Waals surface area contributed by atoms with Gasteiger partial charge in [0.05, 0.1) is 6.21 Å². The number of hydrazone groups is 1. The van der Waals surface area contributed by atoms with Crippen LogP contribution in [0, 0.1) is 6.92 Å². The summed E-state index contributed by atoms with van der Waals surface area (Å²) in [6, 6.07) is 19.3. The standard InChI is InChI=1S/C23H19ClN4O/c1-16-20(14-26-27-23(29)17-10-12-25-13-11-17)19-7-3-5-9-22(19)28(16)15-18-6-2-4-8-21(18)24/h2-14H,15H2,1H3,(H,27,29)/b26-14-. The Kier molecular flexibility index (Phi) is 5.40. The highest BCUT2D eigenvalue weighted by Gasteiger charge is 2.14. The Morgan fingerprint density at radius 2 is 1.83 bits per heavy atom. The number of benzene rings is 2. The van der Waals surface area contributed by atoms with Gasteiger partial charge in [-0.25, -0.2) is 5.43 Å². The molecule has 0 radical (unpaired) electrons. The lowest BCUT2D eigenvalue weighted by Crippen LogP contribution is -2.17. The number of carbonyl (C=O) groups excluding carboxylic acids is 1. The predicted molar refractivity (Wildman–Crippen MR) is 117 cm³/mol. The predicted octanol–water partition coefficient (Wildman–Crippen LogP) is 4.81. The van der Waals surface area contributed by atoms with Crippen molar-refractivity contribution in [1.29, 1.82) is 0 Å². The largest absolute Gasteiger partial charge is 0.340 e. The Bertz CT molecular complexity index is 1200. The number of pyridine rings is 1. The zero-order chi connectivity index (χ0) is 20.2. The first-order valence-corrected chi connectivity index (χ1v) is 9.57. The van der Waals surface area contributed by atoms with Crippen LogP contribution < -0.4 is 5.43 Å². The van der Waals surface area contributed by atoms with Crippen LogP contribution in [0.25, 0.3) is 10.9 Å². The Morgan fingerprint density at radius 3 is 2.62 bits per heavy atom. The van der Waals surface area contributed by atoms with Crippen molar-refractivity contribution in [2.75, 3.05) is 0 Å². The van der Waals surface area contributed by atoms with E-state index >= 15 is 0 Å². The summed E-state index contributed by atoms with van der Waals surface area (Å²) in [7, 11) is 0. The highest BCUT2D eigenvalue weighted by molar-refractivity contribution is 6.31. The minimum absolute atomic E-state index is 0.277. The topological polar surface area (TPSA) is 59.3 Å². The van der Waals surface area contributed by atoms with Gasteiger partial charge in [-0.05, 0) is 36.8 Å². The normalized spacial score (nSPS) is 11.2. The van der Waals surface area contributed by atoms with Gasteiger partial charge < -0.3 is 4.57 Å². The van der Waals surface area contributed by atoms with Crippen LogP contribution in [0.4, 0.5) is 0 Å². The van der Waals surface area contributed by atoms with E-state index in [-0.39, 0.29) is 5.91 Å². The van der Waals surface area contributed by atoms with Gasteiger partial charge in [0.1, 0.15) is 0 Å². The van der Waals surface area contributed by atoms with E-state index in [4.69, 9.17) is 11.6 Å². The van der Waals surface area contributed by atoms with Crippen molar-refractivity contribution in [2.45, 2.75) is 13.5 Å². The third-order valence-electron chi connectivity index (χ3n) is 4.87. The number of aromatic nitrogens is 2. The van der Waals surface area contributed by atoms with E-state index in [0.29, 0.717) is 12.1 Å². The monoisotopic (exact) mass is 402 g/mol. The summed E-state index contributed by atoms with van der Waals surface area (Å²) in [4.78, 5) is 16.1. The SMILES string of the molecule is Cc1c(/C=N\NC(=O)c2ccncc2)c2ccccc2n1Cc1ccccc1Cl. The Balaban J connectivity index is 1.66. The molecular weight excluding hydrogens is 384 g/mol. The highest BCUT2D eigenvalue weighted by atomic mass is 35.5. The molecule has 0 unspecified atom stereocenters. The highest BCUT2D eigenvalue weighted by Crippen LogP contribution is 2.27. The van der Waals surface area contributed by atoms with E-state index in [1.54, 1.807) is 30.7 Å². The van der Waals surface area contributed by atoms with Gasteiger partial charge in [-0.1, -0.05) is 48.0 Å². The molecule has 0 bridgehead atoms. The molecule has 144 valence electrons. The number of fused-ring (bicyclic) bond motifs is 1. The number of hydrogen-bond acceptors (Lipinski definition) is 3. The number of carbonyl (C=O) groups is 1. The van der Waals surface area contributed by atoms with Gasteiger partial charge >= 0.3 is 0 Å². The van der Waals surface area contributed by atoms with E-state index in [1.165, 1.54) is 0 Å². The summed E-state index contributed by atoms with van der Waals surface area (Å²) in [5.74, 6) is -0.277. The quantitative estimate of drug-likeness (QED) is 0.384. The molecule has 4 aromatic rings. The summed E-state index contributed by atoms with van der Waals surface area (Å²) in [6.07, 6.45) is 4.84. The van der Waals surface area contributed by atoms with Crippen molar-refractivity contribution >= 4 is 34.6 Å². The first-order valence-electron chi connectivity index (χ1n) is 9.20. The zero-order valence-corrected chi connectivity index (χ0v) is 16.6. The average molecular weight is 403 g/mol. The molecule has 0 saturated carbocycles. The lowest BCUT2D eigenvalue weighted by Gasteiger charge is -2.10. The van der Waals surface area contributed by atoms with Crippen LogP contribution in [-0.2, 0) is 6.54 Å². The van der Waals surface area contributed by atoms with Gasteiger partial charge in [-0.15, -0.1) is 0 Å². The molecule has 0 atom stereocenters. The molecule has 5 nitrogen and oxygen atoms in total. The summed E-state index contributed by atoms with van der Waals surface area (Å²) >= 11 is 6.37. The fraction of sp³-hybridized carbons (Fsp3) is 0.0870. The third kappa shape index (κ3) is 3.91. The van der Waals surface area contributed by atoms with Crippen molar-refractivity contribution in [3.05, 3.63) is 100 Å². The van der Waals surface area contributed by atoms with Crippen LogP contribution in [-0.4, -0.2) is 21.7 Å². The van der Waals surface area contributed by atoms with E-state index in [0.717, 1.165) is 32.7 Å². The maximum Gasteiger partial charge on any atom is 0.271 e. The Morgan fingerprint density at radius 1 is 1.10 bits per heavy atom. The van der Waals surface area contributed by atoms with Crippen LogP contribution in [0.1, 0.15) is 27.2 Å². The Hall–Kier alpha value is -3.44. The number of nitrogens with one attached hydrogen (secondary N) is 1. The maximum absolute atomic E-state index is 12.2. The first kappa shape index (κ1) is 18.9. The van der Waals surface area contributed by atoms with Crippen molar-refractivity contribution in [1.82, 2.24) is 15.0 Å². The lowest BCUT2D eigenvalue weighted by atomic mass is 10.1. The molecule has 2 aromatic heterocycles. The first-order chi connectivity index (χ1) is 14.1. The zero-order valence-electron chi connectivity index (χ0n) is 15.8. The summed E-state index contributed by atoms with van der Waals surface area (Å²) < 4.78 is 2.21. The molecule has 0 fully saturated rings. The summed E-state index contributed by atoms with van der Waals surface area (Å²) in [6.45, 7) is 2.70. The molecule has 0 aliphatic heterocycles. The maximum atomic E-state index is 12.2. The third-order valence-corrected chi connectivity index (χ3v) is 5.24. The number of nitrogens with zero attached hydrogens (tertiary/aromatic N) is 3. The lowest BCUT2D eigenvalue weighted by molar-refractivity contribution is 0.0955. The van der Waals surface area contributed by atoms with Crippen LogP contribution in [0.15, 0.2) is 78.2 Å². The van der Waals surface area contributed by atoms with Gasteiger partial charge in [-0.2, -0.15) is 5.10 Å². The van der Waals surface area contributed by atoms with Crippen LogP contribution in [0.2, 0.25) is 5.02 Å². The van der Waals surface area contributed by atoms with Crippen molar-refractivity contribution in [3.63, 3.8) is 0 Å². The van der Waals surface area contributed by atoms with Crippen molar-refractivity contribution < 1.29 is 4.79 Å². The molecule has 0 aliphatic rings. The van der Waals surface area contributed by atoms with Crippen molar-refractivity contribution in [2.24, 2.45) is 5.10 Å². The molecule has 6 heteroatoms. The van der Waals surface area contributed by atoms with Gasteiger partial charge in [-0.3, -0.25) is 9.78 Å². The van der Waals surface area contributed by atoms with Crippen LogP contribution in [0.5, 0.6) is 0 Å². The fourth-order valence-electron chi connectivity index (χ4n) is 3.34.